The average molecular weight is 416 g/mol. The number of ether oxygens (including phenoxy) is 2. The molecule has 0 bridgehead atoms. The summed E-state index contributed by atoms with van der Waals surface area (Å²) in [5.74, 6) is 0.747. The Hall–Kier alpha value is -3.80. The summed E-state index contributed by atoms with van der Waals surface area (Å²) in [7, 11) is 1.55. The van der Waals surface area contributed by atoms with Gasteiger partial charge in [-0.1, -0.05) is 36.4 Å². The molecule has 0 radical (unpaired) electrons. The molecule has 0 atom stereocenters. The second-order valence-corrected chi connectivity index (χ2v) is 7.26. The predicted octanol–water partition coefficient (Wildman–Crippen LogP) is 4.31. The highest BCUT2D eigenvalue weighted by atomic mass is 16.5. The number of fused-ring (bicyclic) bond motifs is 1. The van der Waals surface area contributed by atoms with Gasteiger partial charge in [0.2, 0.25) is 0 Å². The lowest BCUT2D eigenvalue weighted by atomic mass is 10.00. The summed E-state index contributed by atoms with van der Waals surface area (Å²) in [5, 5.41) is 2.86. The maximum absolute atomic E-state index is 13.0. The molecule has 1 aliphatic heterocycles. The number of anilines is 2. The van der Waals surface area contributed by atoms with Crippen molar-refractivity contribution >= 4 is 23.2 Å². The van der Waals surface area contributed by atoms with E-state index in [9.17, 15) is 9.59 Å². The van der Waals surface area contributed by atoms with Crippen molar-refractivity contribution in [2.45, 2.75) is 12.8 Å². The van der Waals surface area contributed by atoms with Crippen LogP contribution in [0.1, 0.15) is 22.3 Å². The monoisotopic (exact) mass is 416 g/mol. The minimum absolute atomic E-state index is 0.0375. The van der Waals surface area contributed by atoms with Crippen LogP contribution in [0.15, 0.2) is 72.8 Å². The van der Waals surface area contributed by atoms with Crippen LogP contribution in [0.3, 0.4) is 0 Å². The molecular weight excluding hydrogens is 392 g/mol. The van der Waals surface area contributed by atoms with Crippen LogP contribution >= 0.6 is 0 Å². The Morgan fingerprint density at radius 1 is 0.968 bits per heavy atom. The van der Waals surface area contributed by atoms with Crippen LogP contribution in [0, 0.1) is 0 Å². The Morgan fingerprint density at radius 3 is 2.48 bits per heavy atom. The summed E-state index contributed by atoms with van der Waals surface area (Å²) in [6.07, 6.45) is 1.81. The molecule has 0 saturated carbocycles. The van der Waals surface area contributed by atoms with Crippen molar-refractivity contribution in [1.82, 2.24) is 0 Å². The Balaban J connectivity index is 1.47. The van der Waals surface area contributed by atoms with Crippen molar-refractivity contribution in [2.24, 2.45) is 0 Å². The average Bonchev–Trinajstić information content (AvgIpc) is 2.82. The molecule has 6 heteroatoms. The SMILES string of the molecule is COc1ccccc1OCC(=O)Nc1ccc2c(c1)N(C(=O)c1ccccc1)CCC2. The number of hydrogen-bond donors (Lipinski definition) is 1. The summed E-state index contributed by atoms with van der Waals surface area (Å²) >= 11 is 0. The molecule has 6 nitrogen and oxygen atoms in total. The molecule has 3 aromatic carbocycles. The van der Waals surface area contributed by atoms with Gasteiger partial charge in [-0.15, -0.1) is 0 Å². The van der Waals surface area contributed by atoms with Gasteiger partial charge in [0.05, 0.1) is 7.11 Å². The lowest BCUT2D eigenvalue weighted by Gasteiger charge is -2.30. The van der Waals surface area contributed by atoms with E-state index in [1.54, 1.807) is 24.1 Å². The zero-order valence-corrected chi connectivity index (χ0v) is 17.3. The maximum Gasteiger partial charge on any atom is 0.262 e. The van der Waals surface area contributed by atoms with E-state index in [4.69, 9.17) is 9.47 Å². The normalized spacial score (nSPS) is 12.6. The number of benzene rings is 3. The number of methoxy groups -OCH3 is 1. The molecule has 2 amide bonds. The molecule has 31 heavy (non-hydrogen) atoms. The Kier molecular flexibility index (Phi) is 6.17. The molecular formula is C25H24N2O4. The van der Waals surface area contributed by atoms with Gasteiger partial charge in [-0.3, -0.25) is 9.59 Å². The minimum Gasteiger partial charge on any atom is -0.493 e. The highest BCUT2D eigenvalue weighted by Gasteiger charge is 2.24. The number of nitrogens with zero attached hydrogens (tertiary/aromatic N) is 1. The number of amides is 2. The number of aryl methyl sites for hydroxylation is 1. The molecule has 3 aromatic rings. The summed E-state index contributed by atoms with van der Waals surface area (Å²) in [6, 6.07) is 22.1. The molecule has 0 aliphatic carbocycles. The van der Waals surface area contributed by atoms with E-state index in [0.717, 1.165) is 24.1 Å². The summed E-state index contributed by atoms with van der Waals surface area (Å²) in [5.41, 5.74) is 3.21. The second-order valence-electron chi connectivity index (χ2n) is 7.26. The Morgan fingerprint density at radius 2 is 1.71 bits per heavy atom. The first-order valence-electron chi connectivity index (χ1n) is 10.2. The fraction of sp³-hybridized carbons (Fsp3) is 0.200. The zero-order chi connectivity index (χ0) is 21.6. The van der Waals surface area contributed by atoms with Gasteiger partial charge in [0, 0.05) is 23.5 Å². The van der Waals surface area contributed by atoms with Gasteiger partial charge in [0.15, 0.2) is 18.1 Å². The third-order valence-corrected chi connectivity index (χ3v) is 5.18. The molecule has 0 unspecified atom stereocenters. The van der Waals surface area contributed by atoms with Gasteiger partial charge < -0.3 is 19.7 Å². The predicted molar refractivity (Wildman–Crippen MR) is 120 cm³/mol. The highest BCUT2D eigenvalue weighted by molar-refractivity contribution is 6.07. The zero-order valence-electron chi connectivity index (χ0n) is 17.3. The van der Waals surface area contributed by atoms with Crippen LogP contribution in [-0.4, -0.2) is 32.1 Å². The molecule has 0 saturated heterocycles. The van der Waals surface area contributed by atoms with Crippen LogP contribution in [0.4, 0.5) is 11.4 Å². The quantitative estimate of drug-likeness (QED) is 0.650. The topological polar surface area (TPSA) is 67.9 Å². The van der Waals surface area contributed by atoms with E-state index in [1.165, 1.54) is 0 Å². The summed E-state index contributed by atoms with van der Waals surface area (Å²) < 4.78 is 10.8. The first-order valence-corrected chi connectivity index (χ1v) is 10.2. The number of para-hydroxylation sites is 2. The number of carbonyl (C=O) groups is 2. The van der Waals surface area contributed by atoms with Gasteiger partial charge in [0.1, 0.15) is 0 Å². The van der Waals surface area contributed by atoms with Crippen molar-refractivity contribution in [3.05, 3.63) is 83.9 Å². The first-order chi connectivity index (χ1) is 15.2. The van der Waals surface area contributed by atoms with Gasteiger partial charge >= 0.3 is 0 Å². The number of carbonyl (C=O) groups excluding carboxylic acids is 2. The Labute approximate surface area is 181 Å². The Bertz CT molecular complexity index is 1080. The maximum atomic E-state index is 13.0. The van der Waals surface area contributed by atoms with E-state index in [2.05, 4.69) is 5.32 Å². The summed E-state index contributed by atoms with van der Waals surface area (Å²) in [6.45, 7) is 0.499. The summed E-state index contributed by atoms with van der Waals surface area (Å²) in [4.78, 5) is 27.2. The second kappa shape index (κ2) is 9.34. The molecule has 4 rings (SSSR count). The van der Waals surface area contributed by atoms with Crippen molar-refractivity contribution < 1.29 is 19.1 Å². The van der Waals surface area contributed by atoms with Crippen molar-refractivity contribution in [2.75, 3.05) is 30.5 Å². The molecule has 1 aliphatic rings. The van der Waals surface area contributed by atoms with E-state index in [1.807, 2.05) is 60.7 Å². The third kappa shape index (κ3) is 4.69. The lowest BCUT2D eigenvalue weighted by molar-refractivity contribution is -0.118. The minimum atomic E-state index is -0.289. The molecule has 0 spiro atoms. The van der Waals surface area contributed by atoms with Gasteiger partial charge in [-0.05, 0) is 54.8 Å². The highest BCUT2D eigenvalue weighted by Crippen LogP contribution is 2.31. The third-order valence-electron chi connectivity index (χ3n) is 5.18. The van der Waals surface area contributed by atoms with Crippen LogP contribution in [0.25, 0.3) is 0 Å². The van der Waals surface area contributed by atoms with Gasteiger partial charge in [-0.25, -0.2) is 0 Å². The van der Waals surface area contributed by atoms with E-state index in [0.29, 0.717) is 29.3 Å². The molecule has 0 fully saturated rings. The van der Waals surface area contributed by atoms with Crippen molar-refractivity contribution in [3.8, 4) is 11.5 Å². The fourth-order valence-corrected chi connectivity index (χ4v) is 3.68. The fourth-order valence-electron chi connectivity index (χ4n) is 3.68. The van der Waals surface area contributed by atoms with Gasteiger partial charge in [0.25, 0.3) is 11.8 Å². The molecule has 158 valence electrons. The lowest BCUT2D eigenvalue weighted by Crippen LogP contribution is -2.35. The van der Waals surface area contributed by atoms with Crippen LogP contribution in [-0.2, 0) is 11.2 Å². The largest absolute Gasteiger partial charge is 0.493 e. The van der Waals surface area contributed by atoms with Crippen LogP contribution in [0.5, 0.6) is 11.5 Å². The standard InChI is InChI=1S/C25H24N2O4/c1-30-22-11-5-6-12-23(22)31-17-24(28)26-20-14-13-18-10-7-15-27(21(18)16-20)25(29)19-8-3-2-4-9-19/h2-6,8-9,11-14,16H,7,10,15,17H2,1H3,(H,26,28). The van der Waals surface area contributed by atoms with E-state index >= 15 is 0 Å². The van der Waals surface area contributed by atoms with E-state index in [-0.39, 0.29) is 18.4 Å². The van der Waals surface area contributed by atoms with Crippen LogP contribution in [0.2, 0.25) is 0 Å². The molecule has 0 aromatic heterocycles. The van der Waals surface area contributed by atoms with E-state index < -0.39 is 0 Å². The number of nitrogens with one attached hydrogen (secondary N) is 1. The van der Waals surface area contributed by atoms with Crippen molar-refractivity contribution in [1.29, 1.82) is 0 Å². The smallest absolute Gasteiger partial charge is 0.262 e. The molecule has 1 heterocycles. The van der Waals surface area contributed by atoms with Gasteiger partial charge in [-0.2, -0.15) is 0 Å². The number of hydrogen-bond acceptors (Lipinski definition) is 4. The first kappa shape index (κ1) is 20.5. The van der Waals surface area contributed by atoms with Crippen LogP contribution < -0.4 is 19.7 Å². The molecule has 1 N–H and O–H groups in total. The number of rotatable bonds is 6. The van der Waals surface area contributed by atoms with Crippen molar-refractivity contribution in [3.63, 3.8) is 0 Å².